The molecule has 0 aliphatic heterocycles. The Morgan fingerprint density at radius 1 is 0.357 bits per heavy atom. The lowest BCUT2D eigenvalue weighted by Gasteiger charge is -2.18. The number of allylic oxidation sites excluding steroid dienone is 8. The molecule has 0 N–H and O–H groups in total. The summed E-state index contributed by atoms with van der Waals surface area (Å²) in [6, 6.07) is 0. The molecule has 0 aromatic carbocycles. The first-order valence-corrected chi connectivity index (χ1v) is 23.6. The highest BCUT2D eigenvalue weighted by atomic mass is 16.6. The van der Waals surface area contributed by atoms with Crippen LogP contribution in [-0.4, -0.2) is 37.2 Å². The zero-order valence-corrected chi connectivity index (χ0v) is 36.9. The van der Waals surface area contributed by atoms with Gasteiger partial charge in [0.2, 0.25) is 0 Å². The molecule has 0 heterocycles. The molecule has 0 amide bonds. The number of carbonyl (C=O) groups excluding carboxylic acids is 3. The minimum atomic E-state index is -0.781. The van der Waals surface area contributed by atoms with Crippen LogP contribution in [0.1, 0.15) is 233 Å². The molecule has 0 aromatic heterocycles. The summed E-state index contributed by atoms with van der Waals surface area (Å²) in [5, 5.41) is 0. The number of rotatable bonds is 42. The predicted molar refractivity (Wildman–Crippen MR) is 238 cm³/mol. The minimum absolute atomic E-state index is 0.0826. The molecular weight excluding hydrogens is 697 g/mol. The number of hydrogen-bond acceptors (Lipinski definition) is 6. The molecule has 0 aliphatic rings. The Balaban J connectivity index is 4.37. The first kappa shape index (κ1) is 53.4. The highest BCUT2D eigenvalue weighted by Gasteiger charge is 2.19. The van der Waals surface area contributed by atoms with E-state index in [4.69, 9.17) is 14.2 Å². The topological polar surface area (TPSA) is 78.9 Å². The van der Waals surface area contributed by atoms with E-state index in [9.17, 15) is 14.4 Å². The first-order valence-electron chi connectivity index (χ1n) is 23.6. The summed E-state index contributed by atoms with van der Waals surface area (Å²) >= 11 is 0. The maximum absolute atomic E-state index is 12.7. The maximum Gasteiger partial charge on any atom is 0.306 e. The first-order chi connectivity index (χ1) is 27.5. The molecule has 0 rings (SSSR count). The quantitative estimate of drug-likeness (QED) is 0.0265. The van der Waals surface area contributed by atoms with E-state index >= 15 is 0 Å². The molecular formula is C50H88O6. The van der Waals surface area contributed by atoms with E-state index in [1.165, 1.54) is 89.9 Å². The van der Waals surface area contributed by atoms with Gasteiger partial charge in [0.15, 0.2) is 6.10 Å². The second kappa shape index (κ2) is 45.1. The molecule has 1 unspecified atom stereocenters. The van der Waals surface area contributed by atoms with E-state index in [1.807, 2.05) is 0 Å². The number of hydrogen-bond donors (Lipinski definition) is 0. The fourth-order valence-corrected chi connectivity index (χ4v) is 6.43. The van der Waals surface area contributed by atoms with Gasteiger partial charge in [-0.3, -0.25) is 14.4 Å². The molecule has 0 saturated carbocycles. The van der Waals surface area contributed by atoms with E-state index in [0.29, 0.717) is 19.3 Å². The normalized spacial score (nSPS) is 12.4. The van der Waals surface area contributed by atoms with Crippen molar-refractivity contribution in [2.75, 3.05) is 13.2 Å². The van der Waals surface area contributed by atoms with Crippen molar-refractivity contribution in [1.29, 1.82) is 0 Å². The SMILES string of the molecule is CCCC/C=C\C/C=C\CCCCCCCC(=O)OC(COC(=O)CCCCCCC/C=C\C/C=C\CCCCCC)COC(=O)CCCCCCCCCC. The van der Waals surface area contributed by atoms with E-state index < -0.39 is 6.10 Å². The third kappa shape index (κ3) is 42.5. The van der Waals surface area contributed by atoms with Gasteiger partial charge in [-0.25, -0.2) is 0 Å². The van der Waals surface area contributed by atoms with Crippen molar-refractivity contribution in [3.63, 3.8) is 0 Å². The van der Waals surface area contributed by atoms with Crippen molar-refractivity contribution >= 4 is 17.9 Å². The van der Waals surface area contributed by atoms with Gasteiger partial charge in [0, 0.05) is 19.3 Å². The summed E-state index contributed by atoms with van der Waals surface area (Å²) < 4.78 is 16.7. The Bertz CT molecular complexity index is 996. The van der Waals surface area contributed by atoms with Crippen LogP contribution in [0.15, 0.2) is 48.6 Å². The molecule has 0 radical (unpaired) electrons. The van der Waals surface area contributed by atoms with Crippen LogP contribution in [0.3, 0.4) is 0 Å². The molecule has 0 aromatic rings. The number of carbonyl (C=O) groups is 3. The fraction of sp³-hybridized carbons (Fsp3) is 0.780. The van der Waals surface area contributed by atoms with Crippen LogP contribution in [0.25, 0.3) is 0 Å². The monoisotopic (exact) mass is 785 g/mol. The molecule has 324 valence electrons. The van der Waals surface area contributed by atoms with Gasteiger partial charge in [-0.1, -0.05) is 185 Å². The lowest BCUT2D eigenvalue weighted by Crippen LogP contribution is -2.30. The van der Waals surface area contributed by atoms with Gasteiger partial charge in [0.05, 0.1) is 0 Å². The molecule has 0 saturated heterocycles. The van der Waals surface area contributed by atoms with Gasteiger partial charge in [-0.2, -0.15) is 0 Å². The van der Waals surface area contributed by atoms with E-state index in [-0.39, 0.29) is 31.1 Å². The van der Waals surface area contributed by atoms with Crippen molar-refractivity contribution < 1.29 is 28.6 Å². The van der Waals surface area contributed by atoms with E-state index in [2.05, 4.69) is 69.4 Å². The summed E-state index contributed by atoms with van der Waals surface area (Å²) in [5.74, 6) is -0.915. The minimum Gasteiger partial charge on any atom is -0.462 e. The van der Waals surface area contributed by atoms with Gasteiger partial charge in [-0.05, 0) is 77.0 Å². The predicted octanol–water partition coefficient (Wildman–Crippen LogP) is 15.1. The summed E-state index contributed by atoms with van der Waals surface area (Å²) in [4.78, 5) is 37.7. The van der Waals surface area contributed by atoms with E-state index in [1.54, 1.807) is 0 Å². The van der Waals surface area contributed by atoms with Crippen LogP contribution < -0.4 is 0 Å². The van der Waals surface area contributed by atoms with Crippen LogP contribution in [-0.2, 0) is 28.6 Å². The average Bonchev–Trinajstić information content (AvgIpc) is 3.19. The number of esters is 3. The molecule has 56 heavy (non-hydrogen) atoms. The van der Waals surface area contributed by atoms with Gasteiger partial charge < -0.3 is 14.2 Å². The third-order valence-electron chi connectivity index (χ3n) is 10.1. The van der Waals surface area contributed by atoms with Crippen molar-refractivity contribution in [2.24, 2.45) is 0 Å². The van der Waals surface area contributed by atoms with Crippen LogP contribution in [0.5, 0.6) is 0 Å². The molecule has 0 fully saturated rings. The molecule has 0 bridgehead atoms. The second-order valence-corrected chi connectivity index (χ2v) is 15.7. The summed E-state index contributed by atoms with van der Waals surface area (Å²) in [5.41, 5.74) is 0. The zero-order valence-electron chi connectivity index (χ0n) is 36.9. The van der Waals surface area contributed by atoms with Crippen molar-refractivity contribution in [3.05, 3.63) is 48.6 Å². The molecule has 0 aliphatic carbocycles. The highest BCUT2D eigenvalue weighted by Crippen LogP contribution is 2.13. The Morgan fingerprint density at radius 3 is 1.05 bits per heavy atom. The molecule has 0 spiro atoms. The Morgan fingerprint density at radius 2 is 0.661 bits per heavy atom. The van der Waals surface area contributed by atoms with Crippen molar-refractivity contribution in [2.45, 2.75) is 239 Å². The zero-order chi connectivity index (χ0) is 40.8. The number of ether oxygens (including phenoxy) is 3. The highest BCUT2D eigenvalue weighted by molar-refractivity contribution is 5.71. The van der Waals surface area contributed by atoms with Crippen LogP contribution in [0, 0.1) is 0 Å². The van der Waals surface area contributed by atoms with Gasteiger partial charge in [0.1, 0.15) is 13.2 Å². The molecule has 1 atom stereocenters. The number of unbranched alkanes of at least 4 members (excludes halogenated alkanes) is 23. The molecule has 6 heteroatoms. The van der Waals surface area contributed by atoms with Crippen molar-refractivity contribution in [3.8, 4) is 0 Å². The summed E-state index contributed by atoms with van der Waals surface area (Å²) in [7, 11) is 0. The Labute approximate surface area is 346 Å². The fourth-order valence-electron chi connectivity index (χ4n) is 6.43. The van der Waals surface area contributed by atoms with Gasteiger partial charge in [-0.15, -0.1) is 0 Å². The standard InChI is InChI=1S/C50H88O6/c1-4-7-10-13-16-19-21-23-25-26-28-29-31-34-37-40-43-49(52)55-46-47(45-54-48(51)42-39-36-33-18-15-12-9-6-3)56-50(53)44-41-38-35-32-30-27-24-22-20-17-14-11-8-5-2/h14,17,19,21-22,24-26,47H,4-13,15-16,18,20,23,27-46H2,1-3H3/b17-14-,21-19-,24-22-,26-25-. The third-order valence-corrected chi connectivity index (χ3v) is 10.1. The lowest BCUT2D eigenvalue weighted by atomic mass is 10.1. The summed E-state index contributed by atoms with van der Waals surface area (Å²) in [6.45, 7) is 6.52. The maximum atomic E-state index is 12.7. The van der Waals surface area contributed by atoms with E-state index in [0.717, 1.165) is 103 Å². The van der Waals surface area contributed by atoms with Crippen LogP contribution >= 0.6 is 0 Å². The van der Waals surface area contributed by atoms with Crippen molar-refractivity contribution in [1.82, 2.24) is 0 Å². The smallest absolute Gasteiger partial charge is 0.306 e. The van der Waals surface area contributed by atoms with Crippen LogP contribution in [0.2, 0.25) is 0 Å². The molecule has 6 nitrogen and oxygen atoms in total. The Hall–Kier alpha value is -2.63. The van der Waals surface area contributed by atoms with Crippen LogP contribution in [0.4, 0.5) is 0 Å². The lowest BCUT2D eigenvalue weighted by molar-refractivity contribution is -0.167. The van der Waals surface area contributed by atoms with Gasteiger partial charge in [0.25, 0.3) is 0 Å². The van der Waals surface area contributed by atoms with Gasteiger partial charge >= 0.3 is 17.9 Å². The average molecular weight is 785 g/mol. The summed E-state index contributed by atoms with van der Waals surface area (Å²) in [6.07, 6.45) is 52.4. The largest absolute Gasteiger partial charge is 0.462 e. The Kier molecular flexibility index (Phi) is 43.0. The second-order valence-electron chi connectivity index (χ2n) is 15.7.